The molecule has 6 nitrogen and oxygen atoms in total. The zero-order valence-electron chi connectivity index (χ0n) is 11.8. The summed E-state index contributed by atoms with van der Waals surface area (Å²) >= 11 is 0. The van der Waals surface area contributed by atoms with Crippen molar-refractivity contribution in [2.75, 3.05) is 12.9 Å². The first-order valence-electron chi connectivity index (χ1n) is 6.67. The molecule has 0 saturated heterocycles. The maximum Gasteiger partial charge on any atom is 0.174 e. The summed E-state index contributed by atoms with van der Waals surface area (Å²) < 4.78 is 18.2. The Morgan fingerprint density at radius 1 is 1.38 bits per heavy atom. The van der Waals surface area contributed by atoms with E-state index < -0.39 is 15.7 Å². The zero-order valence-corrected chi connectivity index (χ0v) is 12.6. The van der Waals surface area contributed by atoms with Crippen molar-refractivity contribution in [1.29, 1.82) is 0 Å². The summed E-state index contributed by atoms with van der Waals surface area (Å²) in [7, 11) is -1.21. The summed E-state index contributed by atoms with van der Waals surface area (Å²) in [6.07, 6.45) is 12.5. The van der Waals surface area contributed by atoms with Crippen molar-refractivity contribution in [3.05, 3.63) is 42.5 Å². The van der Waals surface area contributed by atoms with E-state index >= 15 is 0 Å². The van der Waals surface area contributed by atoms with E-state index in [9.17, 15) is 4.21 Å². The largest absolute Gasteiger partial charge is 0.357 e. The van der Waals surface area contributed by atoms with E-state index in [1.165, 1.54) is 0 Å². The third kappa shape index (κ3) is 2.32. The molecule has 0 fully saturated rings. The number of hydrogen-bond donors (Lipinski definition) is 1. The van der Waals surface area contributed by atoms with Crippen molar-refractivity contribution in [1.82, 2.24) is 20.2 Å². The lowest BCUT2D eigenvalue weighted by atomic mass is 9.96. The summed E-state index contributed by atoms with van der Waals surface area (Å²) in [6.45, 7) is 2.36. The first-order valence-corrected chi connectivity index (χ1v) is 8.23. The van der Waals surface area contributed by atoms with E-state index in [1.807, 2.05) is 31.2 Å². The number of hydrogen-bond acceptors (Lipinski definition) is 5. The SMILES string of the molecule is CCOC1(S(C)=O)C=CC=CC1c1nc2cnncc2[nH]1. The Bertz CT molecular complexity index is 706. The van der Waals surface area contributed by atoms with Crippen molar-refractivity contribution in [2.24, 2.45) is 0 Å². The van der Waals surface area contributed by atoms with Gasteiger partial charge in [-0.15, -0.1) is 0 Å². The average molecular weight is 304 g/mol. The number of aromatic nitrogens is 4. The van der Waals surface area contributed by atoms with E-state index in [1.54, 1.807) is 18.6 Å². The molecule has 0 amide bonds. The molecule has 1 aliphatic rings. The first kappa shape index (κ1) is 14.1. The number of imidazole rings is 1. The Morgan fingerprint density at radius 2 is 2.19 bits per heavy atom. The van der Waals surface area contributed by atoms with Gasteiger partial charge in [-0.1, -0.05) is 18.2 Å². The Kier molecular flexibility index (Phi) is 3.69. The van der Waals surface area contributed by atoms with Crippen LogP contribution >= 0.6 is 0 Å². The van der Waals surface area contributed by atoms with Gasteiger partial charge in [0, 0.05) is 12.9 Å². The minimum absolute atomic E-state index is 0.249. The van der Waals surface area contributed by atoms with Crippen LogP contribution in [0.15, 0.2) is 36.7 Å². The first-order chi connectivity index (χ1) is 10.2. The Hall–Kier alpha value is -1.86. The second kappa shape index (κ2) is 5.50. The van der Waals surface area contributed by atoms with Gasteiger partial charge in [0.25, 0.3) is 0 Å². The van der Waals surface area contributed by atoms with Crippen molar-refractivity contribution in [3.63, 3.8) is 0 Å². The minimum atomic E-state index is -1.21. The summed E-state index contributed by atoms with van der Waals surface area (Å²) in [6, 6.07) is 0. The number of ether oxygens (including phenoxy) is 1. The molecule has 3 unspecified atom stereocenters. The molecule has 2 aromatic rings. The van der Waals surface area contributed by atoms with E-state index in [-0.39, 0.29) is 5.92 Å². The average Bonchev–Trinajstić information content (AvgIpc) is 2.91. The van der Waals surface area contributed by atoms with Gasteiger partial charge in [-0.3, -0.25) is 4.21 Å². The molecule has 0 radical (unpaired) electrons. The summed E-state index contributed by atoms with van der Waals surface area (Å²) in [5, 5.41) is 7.66. The van der Waals surface area contributed by atoms with Gasteiger partial charge in [0.1, 0.15) is 11.3 Å². The Labute approximate surface area is 124 Å². The van der Waals surface area contributed by atoms with Crippen molar-refractivity contribution in [2.45, 2.75) is 17.8 Å². The predicted octanol–water partition coefficient (Wildman–Crippen LogP) is 1.67. The van der Waals surface area contributed by atoms with Crippen LogP contribution in [0.2, 0.25) is 0 Å². The van der Waals surface area contributed by atoms with Crippen LogP contribution in [0, 0.1) is 0 Å². The van der Waals surface area contributed by atoms with Crippen LogP contribution in [0.25, 0.3) is 11.0 Å². The Morgan fingerprint density at radius 3 is 2.90 bits per heavy atom. The molecule has 110 valence electrons. The third-order valence-electron chi connectivity index (χ3n) is 3.50. The van der Waals surface area contributed by atoms with Gasteiger partial charge in [-0.05, 0) is 13.0 Å². The zero-order chi connectivity index (χ0) is 14.9. The van der Waals surface area contributed by atoms with E-state index in [2.05, 4.69) is 20.2 Å². The maximum atomic E-state index is 12.3. The fraction of sp³-hybridized carbons (Fsp3) is 0.357. The number of nitrogens with zero attached hydrogens (tertiary/aromatic N) is 3. The van der Waals surface area contributed by atoms with Crippen LogP contribution in [0.3, 0.4) is 0 Å². The summed E-state index contributed by atoms with van der Waals surface area (Å²) in [4.78, 5) is 6.85. The molecule has 0 saturated carbocycles. The quantitative estimate of drug-likeness (QED) is 0.929. The summed E-state index contributed by atoms with van der Waals surface area (Å²) in [5.41, 5.74) is 1.53. The molecule has 0 bridgehead atoms. The molecular weight excluding hydrogens is 288 g/mol. The normalized spacial score (nSPS) is 26.3. The molecule has 3 atom stereocenters. The number of rotatable bonds is 4. The van der Waals surface area contributed by atoms with Crippen LogP contribution in [-0.4, -0.2) is 42.2 Å². The van der Waals surface area contributed by atoms with Gasteiger partial charge in [0.15, 0.2) is 4.93 Å². The molecule has 2 aromatic heterocycles. The van der Waals surface area contributed by atoms with E-state index in [4.69, 9.17) is 4.74 Å². The Balaban J connectivity index is 2.11. The van der Waals surface area contributed by atoms with E-state index in [0.717, 1.165) is 11.0 Å². The lowest BCUT2D eigenvalue weighted by Gasteiger charge is -2.35. The maximum absolute atomic E-state index is 12.3. The molecule has 3 rings (SSSR count). The minimum Gasteiger partial charge on any atom is -0.357 e. The van der Waals surface area contributed by atoms with Gasteiger partial charge in [0.05, 0.1) is 34.6 Å². The standard InChI is InChI=1S/C14H16N4O2S/c1-3-20-14(21(2)19)7-5-4-6-10(14)13-17-11-8-15-16-9-12(11)18-13/h4-10H,3H2,1-2H3,(H,17,18). The third-order valence-corrected chi connectivity index (χ3v) is 4.91. The predicted molar refractivity (Wildman–Crippen MR) is 81.1 cm³/mol. The van der Waals surface area contributed by atoms with Crippen LogP contribution < -0.4 is 0 Å². The second-order valence-corrected chi connectivity index (χ2v) is 6.29. The lowest BCUT2D eigenvalue weighted by Crippen LogP contribution is -2.42. The number of nitrogens with one attached hydrogen (secondary N) is 1. The van der Waals surface area contributed by atoms with Crippen LogP contribution in [0.5, 0.6) is 0 Å². The molecule has 0 spiro atoms. The van der Waals surface area contributed by atoms with Crippen molar-refractivity contribution in [3.8, 4) is 0 Å². The monoisotopic (exact) mass is 304 g/mol. The second-order valence-electron chi connectivity index (χ2n) is 4.74. The molecular formula is C14H16N4O2S. The molecule has 0 aliphatic heterocycles. The fourth-order valence-corrected chi connectivity index (χ4v) is 3.65. The highest BCUT2D eigenvalue weighted by atomic mass is 32.2. The summed E-state index contributed by atoms with van der Waals surface area (Å²) in [5.74, 6) is 0.449. The van der Waals surface area contributed by atoms with Crippen LogP contribution in [0.1, 0.15) is 18.7 Å². The van der Waals surface area contributed by atoms with Gasteiger partial charge in [-0.25, -0.2) is 4.98 Å². The number of H-pyrrole nitrogens is 1. The van der Waals surface area contributed by atoms with Gasteiger partial charge >= 0.3 is 0 Å². The molecule has 21 heavy (non-hydrogen) atoms. The van der Waals surface area contributed by atoms with Gasteiger partial charge in [-0.2, -0.15) is 10.2 Å². The van der Waals surface area contributed by atoms with Gasteiger partial charge in [0.2, 0.25) is 0 Å². The highest BCUT2D eigenvalue weighted by Crippen LogP contribution is 2.38. The van der Waals surface area contributed by atoms with Crippen molar-refractivity contribution < 1.29 is 8.95 Å². The molecule has 1 N–H and O–H groups in total. The molecule has 0 aromatic carbocycles. The smallest absolute Gasteiger partial charge is 0.174 e. The lowest BCUT2D eigenvalue weighted by molar-refractivity contribution is 0.0532. The molecule has 2 heterocycles. The number of fused-ring (bicyclic) bond motifs is 1. The van der Waals surface area contributed by atoms with Crippen molar-refractivity contribution >= 4 is 21.8 Å². The molecule has 1 aliphatic carbocycles. The van der Waals surface area contributed by atoms with Gasteiger partial charge < -0.3 is 9.72 Å². The topological polar surface area (TPSA) is 80.8 Å². The molecule has 7 heteroatoms. The van der Waals surface area contributed by atoms with Crippen LogP contribution in [-0.2, 0) is 15.5 Å². The fourth-order valence-electron chi connectivity index (χ4n) is 2.55. The van der Waals surface area contributed by atoms with Crippen LogP contribution in [0.4, 0.5) is 0 Å². The number of allylic oxidation sites excluding steroid dienone is 2. The van der Waals surface area contributed by atoms with E-state index in [0.29, 0.717) is 12.4 Å². The highest BCUT2D eigenvalue weighted by molar-refractivity contribution is 7.85. The highest BCUT2D eigenvalue weighted by Gasteiger charge is 2.43. The number of aromatic amines is 1.